The van der Waals surface area contributed by atoms with Gasteiger partial charge < -0.3 is 5.11 Å². The van der Waals surface area contributed by atoms with Crippen LogP contribution in [0.5, 0.6) is 5.75 Å². The Labute approximate surface area is 64.8 Å². The van der Waals surface area contributed by atoms with Crippen LogP contribution in [-0.2, 0) is 6.42 Å². The molecule has 0 aromatic heterocycles. The SMILES string of the molecule is C=CCc1ccc(O)cc1F. The average Bonchev–Trinajstić information content (AvgIpc) is 1.95. The minimum absolute atomic E-state index is 0.0460. The van der Waals surface area contributed by atoms with Crippen LogP contribution in [0.4, 0.5) is 4.39 Å². The van der Waals surface area contributed by atoms with Gasteiger partial charge in [0.15, 0.2) is 0 Å². The van der Waals surface area contributed by atoms with Crippen molar-refractivity contribution in [2.24, 2.45) is 0 Å². The first-order valence-electron chi connectivity index (χ1n) is 3.32. The fraction of sp³-hybridized carbons (Fsp3) is 0.111. The van der Waals surface area contributed by atoms with Gasteiger partial charge in [0.05, 0.1) is 0 Å². The minimum atomic E-state index is -0.384. The van der Waals surface area contributed by atoms with Crippen LogP contribution in [-0.4, -0.2) is 5.11 Å². The molecule has 0 saturated carbocycles. The van der Waals surface area contributed by atoms with Crippen molar-refractivity contribution in [2.45, 2.75) is 6.42 Å². The minimum Gasteiger partial charge on any atom is -0.508 e. The Morgan fingerprint density at radius 1 is 1.55 bits per heavy atom. The molecule has 58 valence electrons. The molecule has 0 aliphatic rings. The molecule has 11 heavy (non-hydrogen) atoms. The molecular weight excluding hydrogens is 143 g/mol. The van der Waals surface area contributed by atoms with Gasteiger partial charge in [-0.2, -0.15) is 0 Å². The van der Waals surface area contributed by atoms with Crippen LogP contribution in [0.3, 0.4) is 0 Å². The predicted octanol–water partition coefficient (Wildman–Crippen LogP) is 2.26. The van der Waals surface area contributed by atoms with Crippen LogP contribution in [0, 0.1) is 5.82 Å². The van der Waals surface area contributed by atoms with Crippen molar-refractivity contribution < 1.29 is 9.50 Å². The number of hydrogen-bond donors (Lipinski definition) is 1. The lowest BCUT2D eigenvalue weighted by Crippen LogP contribution is -1.86. The number of benzene rings is 1. The van der Waals surface area contributed by atoms with Gasteiger partial charge in [-0.05, 0) is 18.1 Å². The molecule has 2 heteroatoms. The van der Waals surface area contributed by atoms with Crippen molar-refractivity contribution >= 4 is 0 Å². The van der Waals surface area contributed by atoms with Crippen LogP contribution >= 0.6 is 0 Å². The van der Waals surface area contributed by atoms with E-state index in [1.165, 1.54) is 6.07 Å². The Kier molecular flexibility index (Phi) is 2.26. The highest BCUT2D eigenvalue weighted by atomic mass is 19.1. The zero-order valence-electron chi connectivity index (χ0n) is 6.05. The van der Waals surface area contributed by atoms with Gasteiger partial charge in [0.25, 0.3) is 0 Å². The third-order valence-corrected chi connectivity index (χ3v) is 1.40. The molecule has 1 aromatic rings. The smallest absolute Gasteiger partial charge is 0.130 e. The second kappa shape index (κ2) is 3.19. The van der Waals surface area contributed by atoms with E-state index in [2.05, 4.69) is 6.58 Å². The summed E-state index contributed by atoms with van der Waals surface area (Å²) in [6.07, 6.45) is 2.11. The maximum atomic E-state index is 12.8. The Bertz CT molecular complexity index is 268. The van der Waals surface area contributed by atoms with Crippen molar-refractivity contribution in [3.8, 4) is 5.75 Å². The van der Waals surface area contributed by atoms with Gasteiger partial charge in [-0.1, -0.05) is 12.1 Å². The summed E-state index contributed by atoms with van der Waals surface area (Å²) in [5.74, 6) is -0.430. The van der Waals surface area contributed by atoms with Gasteiger partial charge in [-0.15, -0.1) is 6.58 Å². The van der Waals surface area contributed by atoms with Gasteiger partial charge in [-0.3, -0.25) is 0 Å². The van der Waals surface area contributed by atoms with E-state index in [1.807, 2.05) is 0 Å². The second-order valence-corrected chi connectivity index (χ2v) is 2.27. The molecule has 0 saturated heterocycles. The lowest BCUT2D eigenvalue weighted by molar-refractivity contribution is 0.468. The van der Waals surface area contributed by atoms with Gasteiger partial charge in [0.1, 0.15) is 11.6 Å². The van der Waals surface area contributed by atoms with Crippen LogP contribution in [0.2, 0.25) is 0 Å². The monoisotopic (exact) mass is 152 g/mol. The highest BCUT2D eigenvalue weighted by molar-refractivity contribution is 5.28. The lowest BCUT2D eigenvalue weighted by Gasteiger charge is -1.98. The summed E-state index contributed by atoms with van der Waals surface area (Å²) in [5, 5.41) is 8.84. The van der Waals surface area contributed by atoms with Gasteiger partial charge in [0, 0.05) is 6.07 Å². The van der Waals surface area contributed by atoms with Gasteiger partial charge in [0.2, 0.25) is 0 Å². The van der Waals surface area contributed by atoms with Crippen LogP contribution < -0.4 is 0 Å². The fourth-order valence-corrected chi connectivity index (χ4v) is 0.857. The van der Waals surface area contributed by atoms with Crippen molar-refractivity contribution in [3.63, 3.8) is 0 Å². The Hall–Kier alpha value is -1.31. The van der Waals surface area contributed by atoms with E-state index in [9.17, 15) is 4.39 Å². The molecule has 1 N–H and O–H groups in total. The Morgan fingerprint density at radius 2 is 2.27 bits per heavy atom. The third-order valence-electron chi connectivity index (χ3n) is 1.40. The number of hydrogen-bond acceptors (Lipinski definition) is 1. The van der Waals surface area contributed by atoms with Crippen LogP contribution in [0.1, 0.15) is 5.56 Å². The number of phenols is 1. The van der Waals surface area contributed by atoms with Crippen molar-refractivity contribution in [2.75, 3.05) is 0 Å². The molecule has 1 rings (SSSR count). The fourth-order valence-electron chi connectivity index (χ4n) is 0.857. The first-order valence-corrected chi connectivity index (χ1v) is 3.32. The zero-order chi connectivity index (χ0) is 8.27. The van der Waals surface area contributed by atoms with E-state index < -0.39 is 0 Å². The third kappa shape index (κ3) is 1.80. The molecular formula is C9H9FO. The van der Waals surface area contributed by atoms with E-state index in [0.29, 0.717) is 12.0 Å². The Balaban J connectivity index is 2.98. The maximum absolute atomic E-state index is 12.8. The van der Waals surface area contributed by atoms with Crippen LogP contribution in [0.15, 0.2) is 30.9 Å². The maximum Gasteiger partial charge on any atom is 0.130 e. The number of allylic oxidation sites excluding steroid dienone is 1. The molecule has 0 aliphatic heterocycles. The largest absolute Gasteiger partial charge is 0.508 e. The molecule has 0 bridgehead atoms. The average molecular weight is 152 g/mol. The second-order valence-electron chi connectivity index (χ2n) is 2.27. The van der Waals surface area contributed by atoms with Gasteiger partial charge >= 0.3 is 0 Å². The summed E-state index contributed by atoms with van der Waals surface area (Å²) in [7, 11) is 0. The van der Waals surface area contributed by atoms with E-state index >= 15 is 0 Å². The number of aromatic hydroxyl groups is 1. The topological polar surface area (TPSA) is 20.2 Å². The van der Waals surface area contributed by atoms with Crippen molar-refractivity contribution in [3.05, 3.63) is 42.2 Å². The van der Waals surface area contributed by atoms with E-state index in [0.717, 1.165) is 6.07 Å². The highest BCUT2D eigenvalue weighted by Crippen LogP contribution is 2.15. The van der Waals surface area contributed by atoms with Crippen molar-refractivity contribution in [1.82, 2.24) is 0 Å². The molecule has 0 aliphatic carbocycles. The summed E-state index contributed by atoms with van der Waals surface area (Å²) >= 11 is 0. The van der Waals surface area contributed by atoms with E-state index in [1.54, 1.807) is 12.1 Å². The summed E-state index contributed by atoms with van der Waals surface area (Å²) in [6.45, 7) is 3.49. The summed E-state index contributed by atoms with van der Waals surface area (Å²) in [5.41, 5.74) is 0.554. The molecule has 1 nitrogen and oxygen atoms in total. The molecule has 1 aromatic carbocycles. The van der Waals surface area contributed by atoms with E-state index in [4.69, 9.17) is 5.11 Å². The Morgan fingerprint density at radius 3 is 2.82 bits per heavy atom. The van der Waals surface area contributed by atoms with Gasteiger partial charge in [-0.25, -0.2) is 4.39 Å². The lowest BCUT2D eigenvalue weighted by atomic mass is 10.1. The summed E-state index contributed by atoms with van der Waals surface area (Å²) in [6, 6.07) is 4.10. The molecule has 0 unspecified atom stereocenters. The normalized spacial score (nSPS) is 9.55. The van der Waals surface area contributed by atoms with Crippen molar-refractivity contribution in [1.29, 1.82) is 0 Å². The summed E-state index contributed by atoms with van der Waals surface area (Å²) < 4.78 is 12.8. The molecule has 0 amide bonds. The first kappa shape index (κ1) is 7.79. The molecule has 0 spiro atoms. The first-order chi connectivity index (χ1) is 5.24. The quantitative estimate of drug-likeness (QED) is 0.644. The number of halogens is 1. The molecule has 0 heterocycles. The van der Waals surface area contributed by atoms with E-state index in [-0.39, 0.29) is 11.6 Å². The zero-order valence-corrected chi connectivity index (χ0v) is 6.05. The number of rotatable bonds is 2. The predicted molar refractivity (Wildman–Crippen MR) is 42.0 cm³/mol. The molecule has 0 radical (unpaired) electrons. The van der Waals surface area contributed by atoms with Crippen LogP contribution in [0.25, 0.3) is 0 Å². The summed E-state index contributed by atoms with van der Waals surface area (Å²) in [4.78, 5) is 0. The standard InChI is InChI=1S/C9H9FO/c1-2-3-7-4-5-8(11)6-9(7)10/h2,4-6,11H,1,3H2. The molecule has 0 fully saturated rings. The molecule has 0 atom stereocenters. The number of phenolic OH excluding ortho intramolecular Hbond substituents is 1. The highest BCUT2D eigenvalue weighted by Gasteiger charge is 1.99.